The minimum Gasteiger partial charge on any atom is -0.376 e. The van der Waals surface area contributed by atoms with Crippen LogP contribution in [0.3, 0.4) is 0 Å². The molecule has 94 valence electrons. The third-order valence-corrected chi connectivity index (χ3v) is 2.56. The van der Waals surface area contributed by atoms with Crippen LogP contribution in [0.15, 0.2) is 18.2 Å². The molecule has 4 heteroatoms. The normalized spacial score (nSPS) is 10.5. The number of hydrogen-bond acceptors (Lipinski definition) is 2. The molecule has 1 aromatic carbocycles. The number of halogens is 1. The summed E-state index contributed by atoms with van der Waals surface area (Å²) in [4.78, 5) is 13.0. The van der Waals surface area contributed by atoms with Crippen molar-refractivity contribution in [1.82, 2.24) is 4.90 Å². The van der Waals surface area contributed by atoms with E-state index in [9.17, 15) is 9.18 Å². The van der Waals surface area contributed by atoms with Gasteiger partial charge in [-0.1, -0.05) is 13.8 Å². The van der Waals surface area contributed by atoms with Crippen LogP contribution < -0.4 is 5.32 Å². The van der Waals surface area contributed by atoms with Crippen molar-refractivity contribution in [2.24, 2.45) is 0 Å². The van der Waals surface area contributed by atoms with Crippen LogP contribution in [0.25, 0.3) is 0 Å². The number of anilines is 1. The maximum Gasteiger partial charge on any atom is 0.241 e. The van der Waals surface area contributed by atoms with Gasteiger partial charge in [-0.25, -0.2) is 4.39 Å². The van der Waals surface area contributed by atoms with Crippen molar-refractivity contribution < 1.29 is 9.18 Å². The van der Waals surface area contributed by atoms with Gasteiger partial charge in [0.15, 0.2) is 0 Å². The second-order valence-electron chi connectivity index (χ2n) is 4.53. The Labute approximate surface area is 102 Å². The van der Waals surface area contributed by atoms with E-state index in [1.54, 1.807) is 20.2 Å². The first kappa shape index (κ1) is 13.5. The zero-order chi connectivity index (χ0) is 13.0. The second kappa shape index (κ2) is 5.66. The largest absolute Gasteiger partial charge is 0.376 e. The Morgan fingerprint density at radius 3 is 2.59 bits per heavy atom. The van der Waals surface area contributed by atoms with Gasteiger partial charge in [-0.3, -0.25) is 4.79 Å². The number of rotatable bonds is 4. The van der Waals surface area contributed by atoms with Gasteiger partial charge in [-0.15, -0.1) is 0 Å². The Kier molecular flexibility index (Phi) is 4.49. The first-order chi connectivity index (χ1) is 7.91. The fourth-order valence-electron chi connectivity index (χ4n) is 1.50. The molecule has 0 saturated carbocycles. The smallest absolute Gasteiger partial charge is 0.241 e. The molecule has 0 aliphatic carbocycles. The molecule has 0 aromatic heterocycles. The van der Waals surface area contributed by atoms with Crippen LogP contribution in [0, 0.1) is 5.82 Å². The first-order valence-corrected chi connectivity index (χ1v) is 5.65. The number of carbonyl (C=O) groups is 1. The molecule has 0 radical (unpaired) electrons. The summed E-state index contributed by atoms with van der Waals surface area (Å²) >= 11 is 0. The highest BCUT2D eigenvalue weighted by Gasteiger charge is 2.10. The highest BCUT2D eigenvalue weighted by atomic mass is 19.1. The van der Waals surface area contributed by atoms with Crippen LogP contribution in [0.4, 0.5) is 10.1 Å². The second-order valence-corrected chi connectivity index (χ2v) is 4.53. The third kappa shape index (κ3) is 3.73. The van der Waals surface area contributed by atoms with Crippen LogP contribution in [-0.4, -0.2) is 31.4 Å². The lowest BCUT2D eigenvalue weighted by molar-refractivity contribution is -0.126. The van der Waals surface area contributed by atoms with Gasteiger partial charge in [0.05, 0.1) is 6.54 Å². The number of likely N-dealkylation sites (N-methyl/N-ethyl adjacent to an activating group) is 1. The fraction of sp³-hybridized carbons (Fsp3) is 0.462. The molecule has 0 atom stereocenters. The molecule has 1 N–H and O–H groups in total. The average Bonchev–Trinajstić information content (AvgIpc) is 2.26. The number of nitrogens with zero attached hydrogens (tertiary/aromatic N) is 1. The van der Waals surface area contributed by atoms with E-state index >= 15 is 0 Å². The first-order valence-electron chi connectivity index (χ1n) is 5.65. The molecular formula is C13H19FN2O. The van der Waals surface area contributed by atoms with Gasteiger partial charge in [-0.2, -0.15) is 0 Å². The lowest BCUT2D eigenvalue weighted by atomic mass is 10.0. The van der Waals surface area contributed by atoms with Gasteiger partial charge >= 0.3 is 0 Å². The fourth-order valence-corrected chi connectivity index (χ4v) is 1.50. The van der Waals surface area contributed by atoms with E-state index in [2.05, 4.69) is 5.32 Å². The Balaban J connectivity index is 2.80. The zero-order valence-electron chi connectivity index (χ0n) is 10.7. The van der Waals surface area contributed by atoms with Crippen molar-refractivity contribution in [2.45, 2.75) is 19.8 Å². The number of nitrogens with one attached hydrogen (secondary N) is 1. The highest BCUT2D eigenvalue weighted by molar-refractivity contribution is 5.80. The van der Waals surface area contributed by atoms with Gasteiger partial charge in [0, 0.05) is 19.8 Å². The molecule has 0 bridgehead atoms. The zero-order valence-corrected chi connectivity index (χ0v) is 10.7. The average molecular weight is 238 g/mol. The van der Waals surface area contributed by atoms with E-state index < -0.39 is 0 Å². The highest BCUT2D eigenvalue weighted by Crippen LogP contribution is 2.24. The van der Waals surface area contributed by atoms with Gasteiger partial charge in [-0.05, 0) is 29.7 Å². The van der Waals surface area contributed by atoms with Crippen LogP contribution in [-0.2, 0) is 4.79 Å². The van der Waals surface area contributed by atoms with E-state index in [1.807, 2.05) is 13.8 Å². The van der Waals surface area contributed by atoms with Gasteiger partial charge in [0.1, 0.15) is 5.82 Å². The summed E-state index contributed by atoms with van der Waals surface area (Å²) < 4.78 is 13.1. The van der Waals surface area contributed by atoms with Crippen molar-refractivity contribution in [2.75, 3.05) is 26.0 Å². The predicted octanol–water partition coefficient (Wildman–Crippen LogP) is 2.45. The molecule has 17 heavy (non-hydrogen) atoms. The van der Waals surface area contributed by atoms with Gasteiger partial charge < -0.3 is 10.2 Å². The van der Waals surface area contributed by atoms with Crippen LogP contribution >= 0.6 is 0 Å². The molecule has 0 fully saturated rings. The summed E-state index contributed by atoms with van der Waals surface area (Å²) in [5.41, 5.74) is 1.70. The van der Waals surface area contributed by atoms with Crippen LogP contribution in [0.5, 0.6) is 0 Å². The Hall–Kier alpha value is -1.58. The molecule has 1 rings (SSSR count). The SMILES string of the molecule is CC(C)c1cc(F)ccc1NCC(=O)N(C)C. The molecule has 0 aliphatic rings. The molecule has 0 spiro atoms. The van der Waals surface area contributed by atoms with Crippen molar-refractivity contribution in [3.8, 4) is 0 Å². The van der Waals surface area contributed by atoms with Crippen LogP contribution in [0.2, 0.25) is 0 Å². The maximum absolute atomic E-state index is 13.1. The van der Waals surface area contributed by atoms with E-state index in [0.29, 0.717) is 0 Å². The lowest BCUT2D eigenvalue weighted by Gasteiger charge is -2.16. The lowest BCUT2D eigenvalue weighted by Crippen LogP contribution is -2.28. The number of benzene rings is 1. The van der Waals surface area contributed by atoms with E-state index in [4.69, 9.17) is 0 Å². The van der Waals surface area contributed by atoms with E-state index in [1.165, 1.54) is 17.0 Å². The molecule has 0 aliphatic heterocycles. The summed E-state index contributed by atoms with van der Waals surface area (Å²) in [6.07, 6.45) is 0. The maximum atomic E-state index is 13.1. The number of amides is 1. The Morgan fingerprint density at radius 1 is 1.41 bits per heavy atom. The molecule has 0 heterocycles. The minimum atomic E-state index is -0.252. The van der Waals surface area contributed by atoms with Gasteiger partial charge in [0.2, 0.25) is 5.91 Å². The molecule has 3 nitrogen and oxygen atoms in total. The molecular weight excluding hydrogens is 219 g/mol. The third-order valence-electron chi connectivity index (χ3n) is 2.56. The molecule has 1 amide bonds. The van der Waals surface area contributed by atoms with Crippen molar-refractivity contribution in [3.05, 3.63) is 29.6 Å². The van der Waals surface area contributed by atoms with Crippen molar-refractivity contribution in [3.63, 3.8) is 0 Å². The summed E-state index contributed by atoms with van der Waals surface area (Å²) in [6.45, 7) is 4.21. The molecule has 1 aromatic rings. The van der Waals surface area contributed by atoms with Crippen LogP contribution in [0.1, 0.15) is 25.3 Å². The van der Waals surface area contributed by atoms with Crippen molar-refractivity contribution in [1.29, 1.82) is 0 Å². The quantitative estimate of drug-likeness (QED) is 0.873. The summed E-state index contributed by atoms with van der Waals surface area (Å²) in [7, 11) is 3.41. The molecule has 0 unspecified atom stereocenters. The Morgan fingerprint density at radius 2 is 2.06 bits per heavy atom. The standard InChI is InChI=1S/C13H19FN2O/c1-9(2)11-7-10(14)5-6-12(11)15-8-13(17)16(3)4/h5-7,9,15H,8H2,1-4H3. The monoisotopic (exact) mass is 238 g/mol. The summed E-state index contributed by atoms with van der Waals surface area (Å²) in [5, 5.41) is 3.05. The minimum absolute atomic E-state index is 0.0102. The van der Waals surface area contributed by atoms with Crippen molar-refractivity contribution >= 4 is 11.6 Å². The predicted molar refractivity (Wildman–Crippen MR) is 67.7 cm³/mol. The van der Waals surface area contributed by atoms with E-state index in [-0.39, 0.29) is 24.2 Å². The van der Waals surface area contributed by atoms with Gasteiger partial charge in [0.25, 0.3) is 0 Å². The molecule has 0 saturated heterocycles. The number of carbonyl (C=O) groups excluding carboxylic acids is 1. The summed E-state index contributed by atoms with van der Waals surface area (Å²) in [5.74, 6) is -0.0510. The topological polar surface area (TPSA) is 32.3 Å². The summed E-state index contributed by atoms with van der Waals surface area (Å²) in [6, 6.07) is 4.58. The number of hydrogen-bond donors (Lipinski definition) is 1. The Bertz CT molecular complexity index is 402. The van der Waals surface area contributed by atoms with E-state index in [0.717, 1.165) is 11.3 Å².